The Balaban J connectivity index is 0.937. The van der Waals surface area contributed by atoms with Gasteiger partial charge in [-0.05, 0) is 119 Å². The highest BCUT2D eigenvalue weighted by Gasteiger charge is 2.52. The fourth-order valence-electron chi connectivity index (χ4n) is 14.6. The molecule has 36 heteroatoms. The average molecular weight is 1640 g/mol. The van der Waals surface area contributed by atoms with E-state index in [0.717, 1.165) is 101 Å². The fourth-order valence-corrected chi connectivity index (χ4v) is 16.0. The summed E-state index contributed by atoms with van der Waals surface area (Å²) in [5, 5.41) is 115. The number of hydrogen-bond donors (Lipinski definition) is 15. The summed E-state index contributed by atoms with van der Waals surface area (Å²) in [6, 6.07) is 13.9. The standard InChI is InChI=1S/C82H74N8O27S/c1-33-53(98)24-43-26-55(33)116-56-25-41(16-22-52(56)97)68(90-31-42-9-7-8-10-48(42)80(90)118-82-67(83-34(2)91)73(113-37(5)94)72(112-36(4)93)59(117-82)32-111-35(3)92)79(108)89-66-70(101)39-13-19-47(20-14-39)115-58-28-44-27-57(71(58)102)114-46-17-11-38(12-18-46)69(100)65-78(107)87-64(81(109)110-6)50-29-45(95)30-54(99)60(50)49-23-40(15-21-51(49)96)61(74(103)88-65)84-76(105)63(44)85-75(104)62(43)86-77(66)106/h7-31,59,61-70,72-73,82,95-102H,32H2,1-6H3,(H,83,91)(H,84,105)(H,85,104)(H,86,106)(H,87,107)(H,88,103)(H,89,108)/t59-,61-,62+,63-,64-,65+,66-,67-,68-,69-,70-,72-,73-,82+/m1/s1. The highest BCUT2D eigenvalue weighted by molar-refractivity contribution is 8.00. The number of rotatable bonds is 9. The van der Waals surface area contributed by atoms with E-state index in [0.29, 0.717) is 10.8 Å². The Bertz CT molecular complexity index is 5620. The first-order valence-corrected chi connectivity index (χ1v) is 37.3. The Morgan fingerprint density at radius 2 is 1.05 bits per heavy atom. The van der Waals surface area contributed by atoms with Crippen molar-refractivity contribution in [1.29, 1.82) is 0 Å². The van der Waals surface area contributed by atoms with Crippen LogP contribution in [0.15, 0.2) is 157 Å². The lowest BCUT2D eigenvalue weighted by Crippen LogP contribution is -2.65. The molecule has 118 heavy (non-hydrogen) atoms. The van der Waals surface area contributed by atoms with Crippen molar-refractivity contribution in [3.63, 3.8) is 0 Å². The smallest absolute Gasteiger partial charge is 0.333 e. The zero-order chi connectivity index (χ0) is 84.1. The first-order chi connectivity index (χ1) is 56.3. The third-order valence-electron chi connectivity index (χ3n) is 20.3. The van der Waals surface area contributed by atoms with Crippen molar-refractivity contribution < 1.29 is 131 Å². The Morgan fingerprint density at radius 3 is 1.66 bits per heavy atom. The maximum Gasteiger partial charge on any atom is 0.333 e. The first kappa shape index (κ1) is 80.5. The van der Waals surface area contributed by atoms with Gasteiger partial charge < -0.3 is 121 Å². The lowest BCUT2D eigenvalue weighted by atomic mass is 9.89. The zero-order valence-electron chi connectivity index (χ0n) is 62.9. The Hall–Kier alpha value is -14.1. The number of methoxy groups -OCH3 is 1. The van der Waals surface area contributed by atoms with Crippen LogP contribution in [0.4, 0.5) is 0 Å². The molecule has 1 saturated heterocycles. The molecular weight excluding hydrogens is 1560 g/mol. The van der Waals surface area contributed by atoms with Crippen molar-refractivity contribution in [2.24, 2.45) is 0 Å². The van der Waals surface area contributed by atoms with Gasteiger partial charge in [0, 0.05) is 73.0 Å². The minimum atomic E-state index is -2.26. The zero-order valence-corrected chi connectivity index (χ0v) is 63.7. The summed E-state index contributed by atoms with van der Waals surface area (Å²) >= 11 is 0.840. The number of carbonyl (C=O) groups is 11. The molecule has 16 rings (SSSR count). The van der Waals surface area contributed by atoms with Crippen LogP contribution in [0.3, 0.4) is 0 Å². The number of carbonyl (C=O) groups excluding carboxylic acids is 11. The number of phenols is 6. The monoisotopic (exact) mass is 1630 g/mol. The second-order valence-corrected chi connectivity index (χ2v) is 29.3. The molecule has 0 unspecified atom stereocenters. The van der Waals surface area contributed by atoms with Crippen LogP contribution in [0, 0.1) is 6.92 Å². The van der Waals surface area contributed by atoms with Gasteiger partial charge in [-0.2, -0.15) is 0 Å². The van der Waals surface area contributed by atoms with Gasteiger partial charge in [0.25, 0.3) is 0 Å². The lowest BCUT2D eigenvalue weighted by Gasteiger charge is -2.45. The van der Waals surface area contributed by atoms with E-state index in [4.69, 9.17) is 37.9 Å². The van der Waals surface area contributed by atoms with Crippen LogP contribution in [-0.4, -0.2) is 166 Å². The van der Waals surface area contributed by atoms with Gasteiger partial charge in [-0.15, -0.1) is 0 Å². The lowest BCUT2D eigenvalue weighted by molar-refractivity contribution is -0.211. The Morgan fingerprint density at radius 1 is 0.517 bits per heavy atom. The van der Waals surface area contributed by atoms with E-state index in [1.54, 1.807) is 24.3 Å². The number of benzene rings is 8. The van der Waals surface area contributed by atoms with E-state index >= 15 is 24.0 Å². The number of esters is 4. The van der Waals surface area contributed by atoms with E-state index in [1.807, 2.05) is 0 Å². The molecule has 17 bridgehead atoms. The van der Waals surface area contributed by atoms with Crippen LogP contribution in [0.2, 0.25) is 0 Å². The summed E-state index contributed by atoms with van der Waals surface area (Å²) < 4.78 is 49.2. The molecule has 0 aliphatic carbocycles. The number of aromatic hydroxyl groups is 6. The summed E-state index contributed by atoms with van der Waals surface area (Å²) in [7, 11) is 0.958. The number of aliphatic hydroxyl groups is 2. The average Bonchev–Trinajstić information content (AvgIpc) is 1.38. The van der Waals surface area contributed by atoms with Gasteiger partial charge in [0.05, 0.1) is 12.1 Å². The predicted molar refractivity (Wildman–Crippen MR) is 408 cm³/mol. The van der Waals surface area contributed by atoms with Crippen molar-refractivity contribution in [3.8, 4) is 80.1 Å². The van der Waals surface area contributed by atoms with Gasteiger partial charge in [0.2, 0.25) is 47.1 Å². The van der Waals surface area contributed by atoms with Crippen LogP contribution in [0.5, 0.6) is 69.0 Å². The number of hydrogen-bond acceptors (Lipinski definition) is 28. The van der Waals surface area contributed by atoms with Crippen LogP contribution in [0.1, 0.15) is 115 Å². The number of thioether (sulfide) groups is 1. The molecule has 7 aliphatic rings. The van der Waals surface area contributed by atoms with Gasteiger partial charge in [0.15, 0.2) is 41.2 Å². The van der Waals surface area contributed by atoms with Crippen molar-refractivity contribution in [1.82, 2.24) is 41.8 Å². The number of nitrogens with zero attached hydrogens (tertiary/aromatic N) is 1. The van der Waals surface area contributed by atoms with Gasteiger partial charge in [-0.1, -0.05) is 72.4 Å². The van der Waals surface area contributed by atoms with Crippen LogP contribution >= 0.6 is 11.8 Å². The molecule has 8 aromatic carbocycles. The van der Waals surface area contributed by atoms with E-state index in [2.05, 4.69) is 37.2 Å². The van der Waals surface area contributed by atoms with Crippen molar-refractivity contribution in [3.05, 3.63) is 196 Å². The number of ether oxygens (including phenoxy) is 8. The third kappa shape index (κ3) is 16.1. The fraction of sp³-hybridized carbons (Fsp3) is 0.256. The van der Waals surface area contributed by atoms with Gasteiger partial charge >= 0.3 is 23.9 Å². The molecule has 35 nitrogen and oxygen atoms in total. The van der Waals surface area contributed by atoms with Crippen molar-refractivity contribution in [2.45, 2.75) is 124 Å². The Kier molecular flexibility index (Phi) is 22.3. The number of nitrogens with one attached hydrogen (secondary N) is 7. The molecular formula is C82H74N8O27S. The third-order valence-corrected chi connectivity index (χ3v) is 21.6. The minimum absolute atomic E-state index is 0.0273. The molecule has 8 heterocycles. The SMILES string of the molecule is COC(=O)[C@@H]1NC(=O)[C@H]2NC(=O)[C@H](NC(=O)[C@@H]3NC(=O)[C@H]4NC(=O)[C@H](NC(=O)[C@H](n5cc6ccccc6c5S[C@@H]5O[C@H](COC(C)=O)[C@@H](OC(C)=O)[C@H](OC(C)=O)[C@H]5NC(C)=O)c5ccc(O)c(c5)Oc5cc4cc(O)c5C)[C@H](O)c4ccc(cc4)Oc4cc3cc(c4O)Oc3ccc(cc3)[C@H]2O)c2ccc(O)c(c2)-c2c(O)cc(O)cc21. The maximum absolute atomic E-state index is 16.4. The maximum atomic E-state index is 16.4. The van der Waals surface area contributed by atoms with Gasteiger partial charge in [0.1, 0.15) is 113 Å². The second-order valence-electron chi connectivity index (χ2n) is 28.2. The first-order valence-electron chi connectivity index (χ1n) is 36.4. The quantitative estimate of drug-likeness (QED) is 0.0594. The van der Waals surface area contributed by atoms with E-state index in [-0.39, 0.29) is 66.8 Å². The molecule has 0 spiro atoms. The number of fused-ring (bicyclic) bond motifs is 15. The number of aliphatic hydroxyl groups excluding tert-OH is 2. The molecule has 1 aromatic heterocycles. The van der Waals surface area contributed by atoms with Crippen LogP contribution in [0.25, 0.3) is 21.9 Å². The predicted octanol–water partition coefficient (Wildman–Crippen LogP) is 5.86. The second kappa shape index (κ2) is 32.7. The normalized spacial score (nSPS) is 23.5. The summed E-state index contributed by atoms with van der Waals surface area (Å²) in [6.45, 7) is 5.19. The summed E-state index contributed by atoms with van der Waals surface area (Å²) in [5.41, 5.74) is -3.92. The van der Waals surface area contributed by atoms with Crippen LogP contribution < -0.4 is 51.4 Å². The van der Waals surface area contributed by atoms with Gasteiger partial charge in [-0.3, -0.25) is 47.9 Å². The highest BCUT2D eigenvalue weighted by atomic mass is 32.2. The van der Waals surface area contributed by atoms with E-state index in [1.165, 1.54) is 84.4 Å². The largest absolute Gasteiger partial charge is 0.508 e. The van der Waals surface area contributed by atoms with E-state index < -0.39 is 219 Å². The minimum Gasteiger partial charge on any atom is -0.508 e. The summed E-state index contributed by atoms with van der Waals surface area (Å²) in [5.74, 6) is -18.3. The molecule has 1 fully saturated rings. The van der Waals surface area contributed by atoms with Crippen molar-refractivity contribution in [2.75, 3.05) is 13.7 Å². The molecule has 0 saturated carbocycles. The highest BCUT2D eigenvalue weighted by Crippen LogP contribution is 2.49. The molecule has 7 amide bonds. The van der Waals surface area contributed by atoms with Crippen LogP contribution in [-0.2, 0) is 76.4 Å². The van der Waals surface area contributed by atoms with Crippen molar-refractivity contribution >= 4 is 87.8 Å². The molecule has 15 N–H and O–H groups in total. The Labute approximate surface area is 672 Å². The summed E-state index contributed by atoms with van der Waals surface area (Å²) in [6.07, 6.45) is -7.19. The van der Waals surface area contributed by atoms with E-state index in [9.17, 15) is 69.6 Å². The number of amides is 7. The molecule has 610 valence electrons. The topological polar surface area (TPSA) is 513 Å². The molecule has 14 atom stereocenters. The van der Waals surface area contributed by atoms with Gasteiger partial charge in [-0.25, -0.2) is 4.79 Å². The molecule has 9 aromatic rings. The molecule has 7 aliphatic heterocycles. The molecule has 0 radical (unpaired) electrons. The summed E-state index contributed by atoms with van der Waals surface area (Å²) in [4.78, 5) is 161. The number of phenolic OH excluding ortho intramolecular Hbond substituents is 6. The number of aromatic nitrogens is 1.